The SMILES string of the molecule is O=C(O)C1=NN(c2ccc(S(=O)(=O)O)cc2)C(=O)C1=CC=Cc1c(C(=O)O)cn(-c2ccc(S(=O)(=O)O)cc2)c1O. The van der Waals surface area contributed by atoms with Gasteiger partial charge in [-0.15, -0.1) is 0 Å². The Hall–Kier alpha value is -5.10. The fourth-order valence-electron chi connectivity index (χ4n) is 3.72. The van der Waals surface area contributed by atoms with Crippen molar-refractivity contribution in [2.45, 2.75) is 9.79 Å². The van der Waals surface area contributed by atoms with Crippen LogP contribution in [0.5, 0.6) is 5.88 Å². The molecule has 4 rings (SSSR count). The van der Waals surface area contributed by atoms with Gasteiger partial charge in [-0.25, -0.2) is 9.59 Å². The molecule has 0 saturated carbocycles. The highest BCUT2D eigenvalue weighted by atomic mass is 32.2. The summed E-state index contributed by atoms with van der Waals surface area (Å²) in [5.74, 6) is -4.55. The maximum absolute atomic E-state index is 12.9. The summed E-state index contributed by atoms with van der Waals surface area (Å²) in [6.45, 7) is 0. The summed E-state index contributed by atoms with van der Waals surface area (Å²) in [5.41, 5.74) is -1.64. The highest BCUT2D eigenvalue weighted by molar-refractivity contribution is 7.86. The van der Waals surface area contributed by atoms with E-state index in [1.807, 2.05) is 0 Å². The summed E-state index contributed by atoms with van der Waals surface area (Å²) < 4.78 is 64.3. The van der Waals surface area contributed by atoms with Crippen LogP contribution in [-0.2, 0) is 29.8 Å². The molecule has 17 heteroatoms. The molecule has 2 heterocycles. The van der Waals surface area contributed by atoms with E-state index in [2.05, 4.69) is 5.10 Å². The molecule has 0 atom stereocenters. The second kappa shape index (κ2) is 10.5. The van der Waals surface area contributed by atoms with Crippen molar-refractivity contribution >= 4 is 55.6 Å². The zero-order valence-corrected chi connectivity index (χ0v) is 21.8. The van der Waals surface area contributed by atoms with Crippen molar-refractivity contribution < 1.29 is 55.6 Å². The van der Waals surface area contributed by atoms with Gasteiger partial charge in [0.1, 0.15) is 0 Å². The van der Waals surface area contributed by atoms with Crippen LogP contribution in [0.3, 0.4) is 0 Å². The third kappa shape index (κ3) is 5.77. The molecular formula is C24H17N3O12S2. The summed E-state index contributed by atoms with van der Waals surface area (Å²) in [4.78, 5) is 35.6. The highest BCUT2D eigenvalue weighted by Gasteiger charge is 2.35. The first kappa shape index (κ1) is 28.9. The predicted molar refractivity (Wildman–Crippen MR) is 140 cm³/mol. The largest absolute Gasteiger partial charge is 0.494 e. The van der Waals surface area contributed by atoms with E-state index in [1.54, 1.807) is 0 Å². The zero-order chi connectivity index (χ0) is 30.3. The van der Waals surface area contributed by atoms with Crippen LogP contribution < -0.4 is 5.01 Å². The number of hydrogen-bond acceptors (Lipinski definition) is 9. The number of carboxylic acid groups (broad SMARTS) is 2. The summed E-state index contributed by atoms with van der Waals surface area (Å²) >= 11 is 0. The topological polar surface area (TPSA) is 241 Å². The molecule has 41 heavy (non-hydrogen) atoms. The number of aliphatic carboxylic acids is 1. The van der Waals surface area contributed by atoms with Crippen LogP contribution >= 0.6 is 0 Å². The van der Waals surface area contributed by atoms with Crippen molar-refractivity contribution in [1.29, 1.82) is 0 Å². The van der Waals surface area contributed by atoms with Gasteiger partial charge in [-0.3, -0.25) is 18.5 Å². The first-order valence-corrected chi connectivity index (χ1v) is 13.9. The number of carbonyl (C=O) groups excluding carboxylic acids is 1. The van der Waals surface area contributed by atoms with E-state index in [-0.39, 0.29) is 16.9 Å². The number of anilines is 1. The van der Waals surface area contributed by atoms with E-state index in [0.717, 1.165) is 65.4 Å². The summed E-state index contributed by atoms with van der Waals surface area (Å²) in [5, 5.41) is 34.3. The summed E-state index contributed by atoms with van der Waals surface area (Å²) in [7, 11) is -9.01. The molecule has 1 aliphatic rings. The number of nitrogens with zero attached hydrogens (tertiary/aromatic N) is 3. The minimum Gasteiger partial charge on any atom is -0.494 e. The Morgan fingerprint density at radius 3 is 1.78 bits per heavy atom. The van der Waals surface area contributed by atoms with Crippen LogP contribution in [0.1, 0.15) is 15.9 Å². The van der Waals surface area contributed by atoms with E-state index in [9.17, 15) is 46.5 Å². The average Bonchev–Trinajstić information content (AvgIpc) is 3.40. The highest BCUT2D eigenvalue weighted by Crippen LogP contribution is 2.30. The fourth-order valence-corrected chi connectivity index (χ4v) is 4.68. The van der Waals surface area contributed by atoms with Crippen molar-refractivity contribution in [1.82, 2.24) is 4.57 Å². The van der Waals surface area contributed by atoms with E-state index in [4.69, 9.17) is 9.11 Å². The lowest BCUT2D eigenvalue weighted by atomic mass is 10.1. The van der Waals surface area contributed by atoms with Crippen LogP contribution in [0.4, 0.5) is 5.69 Å². The van der Waals surface area contributed by atoms with Crippen molar-refractivity contribution in [3.8, 4) is 11.6 Å². The molecule has 0 saturated heterocycles. The normalized spacial score (nSPS) is 15.1. The van der Waals surface area contributed by atoms with Gasteiger partial charge in [-0.1, -0.05) is 6.08 Å². The van der Waals surface area contributed by atoms with Crippen LogP contribution in [0.2, 0.25) is 0 Å². The quantitative estimate of drug-likeness (QED) is 0.183. The number of benzene rings is 2. The minimum atomic E-state index is -4.52. The molecule has 5 N–H and O–H groups in total. The number of aromatic carboxylic acids is 1. The molecule has 0 aliphatic carbocycles. The number of carboxylic acids is 2. The third-order valence-corrected chi connectivity index (χ3v) is 7.38. The minimum absolute atomic E-state index is 0.0172. The van der Waals surface area contributed by atoms with Crippen LogP contribution in [0.25, 0.3) is 11.8 Å². The first-order chi connectivity index (χ1) is 19.1. The second-order valence-electron chi connectivity index (χ2n) is 8.20. The van der Waals surface area contributed by atoms with Gasteiger partial charge in [-0.2, -0.15) is 26.9 Å². The van der Waals surface area contributed by atoms with Crippen LogP contribution in [-0.4, -0.2) is 69.4 Å². The molecule has 1 aliphatic heterocycles. The average molecular weight is 604 g/mol. The van der Waals surface area contributed by atoms with Gasteiger partial charge in [-0.05, 0) is 60.7 Å². The van der Waals surface area contributed by atoms with Gasteiger partial charge in [0.25, 0.3) is 26.1 Å². The van der Waals surface area contributed by atoms with E-state index in [0.29, 0.717) is 5.01 Å². The molecule has 0 spiro atoms. The number of allylic oxidation sites excluding steroid dienone is 2. The zero-order valence-electron chi connectivity index (χ0n) is 20.2. The van der Waals surface area contributed by atoms with E-state index >= 15 is 0 Å². The molecule has 0 unspecified atom stereocenters. The summed E-state index contributed by atoms with van der Waals surface area (Å²) in [6.07, 6.45) is 4.25. The molecule has 15 nitrogen and oxygen atoms in total. The van der Waals surface area contributed by atoms with Crippen molar-refractivity contribution in [3.05, 3.63) is 83.6 Å². The molecule has 0 radical (unpaired) electrons. The maximum Gasteiger partial charge on any atom is 0.357 e. The van der Waals surface area contributed by atoms with Crippen molar-refractivity contribution in [2.75, 3.05) is 5.01 Å². The van der Waals surface area contributed by atoms with Gasteiger partial charge in [0, 0.05) is 11.9 Å². The van der Waals surface area contributed by atoms with Crippen LogP contribution in [0, 0.1) is 0 Å². The number of amides is 1. The standard InChI is InChI=1S/C24H17N3O12S2/c28-21-17(19(23(30)31)12-26(21)13-4-8-15(9-5-13)40(34,35)36)2-1-3-18-20(24(32)33)25-27(22(18)29)14-6-10-16(11-7-14)41(37,38)39/h1-12,28H,(H,30,31)(H,32,33)(H,34,35,36)(H,37,38,39). The number of rotatable bonds is 8. The molecule has 0 fully saturated rings. The number of carbonyl (C=O) groups is 3. The van der Waals surface area contributed by atoms with Crippen molar-refractivity contribution in [3.63, 3.8) is 0 Å². The fraction of sp³-hybridized carbons (Fsp3) is 0. The Labute approximate surface area is 230 Å². The first-order valence-electron chi connectivity index (χ1n) is 11.0. The summed E-state index contributed by atoms with van der Waals surface area (Å²) in [6, 6.07) is 8.66. The number of aromatic hydroxyl groups is 1. The molecule has 0 bridgehead atoms. The third-order valence-electron chi connectivity index (χ3n) is 5.65. The predicted octanol–water partition coefficient (Wildman–Crippen LogP) is 1.80. The lowest BCUT2D eigenvalue weighted by molar-refractivity contribution is -0.129. The Bertz CT molecular complexity index is 1900. The van der Waals surface area contributed by atoms with E-state index < -0.39 is 70.6 Å². The molecule has 1 aromatic heterocycles. The van der Waals surface area contributed by atoms with Gasteiger partial charge in [0.05, 0.1) is 32.2 Å². The molecule has 212 valence electrons. The lowest BCUT2D eigenvalue weighted by Crippen LogP contribution is -2.22. The smallest absolute Gasteiger partial charge is 0.357 e. The molecule has 1 amide bonds. The van der Waals surface area contributed by atoms with Gasteiger partial charge in [0.15, 0.2) is 5.71 Å². The van der Waals surface area contributed by atoms with Gasteiger partial charge in [0.2, 0.25) is 5.88 Å². The number of aromatic nitrogens is 1. The molecular weight excluding hydrogens is 586 g/mol. The Morgan fingerprint density at radius 1 is 0.805 bits per heavy atom. The maximum atomic E-state index is 12.9. The molecule has 3 aromatic rings. The monoisotopic (exact) mass is 603 g/mol. The van der Waals surface area contributed by atoms with E-state index in [1.165, 1.54) is 12.1 Å². The second-order valence-corrected chi connectivity index (χ2v) is 11.0. The number of hydrazone groups is 1. The van der Waals surface area contributed by atoms with Crippen molar-refractivity contribution in [2.24, 2.45) is 5.10 Å². The Balaban J connectivity index is 1.69. The molecule has 2 aromatic carbocycles. The Morgan fingerprint density at radius 2 is 1.32 bits per heavy atom. The lowest BCUT2D eigenvalue weighted by Gasteiger charge is -2.11. The Kier molecular flexibility index (Phi) is 7.38. The van der Waals surface area contributed by atoms with Gasteiger partial charge < -0.3 is 15.3 Å². The number of hydrogen-bond donors (Lipinski definition) is 5. The van der Waals surface area contributed by atoms with Crippen LogP contribution in [0.15, 0.2) is 87.3 Å². The van der Waals surface area contributed by atoms with Gasteiger partial charge >= 0.3 is 11.9 Å².